The first-order chi connectivity index (χ1) is 8.93. The third-order valence-electron chi connectivity index (χ3n) is 3.06. The van der Waals surface area contributed by atoms with Gasteiger partial charge in [-0.3, -0.25) is 4.79 Å². The Morgan fingerprint density at radius 3 is 2.74 bits per heavy atom. The molecule has 0 aromatic heterocycles. The van der Waals surface area contributed by atoms with E-state index in [-0.39, 0.29) is 19.0 Å². The molecule has 0 radical (unpaired) electrons. The maximum absolute atomic E-state index is 11.6. The summed E-state index contributed by atoms with van der Waals surface area (Å²) in [6.07, 6.45) is -4.78. The molecule has 19 heavy (non-hydrogen) atoms. The Kier molecular flexibility index (Phi) is 3.87. The highest BCUT2D eigenvalue weighted by molar-refractivity contribution is 5.87. The lowest BCUT2D eigenvalue weighted by molar-refractivity contribution is -0.137. The lowest BCUT2D eigenvalue weighted by atomic mass is 10.2. The molecular formula is C9H17N5O5. The predicted octanol–water partition coefficient (Wildman–Crippen LogP) is -4.24. The van der Waals surface area contributed by atoms with Crippen molar-refractivity contribution in [2.75, 3.05) is 6.61 Å². The minimum Gasteiger partial charge on any atom is -0.394 e. The molecule has 2 aliphatic rings. The van der Waals surface area contributed by atoms with Crippen molar-refractivity contribution in [3.8, 4) is 0 Å². The van der Waals surface area contributed by atoms with Crippen LogP contribution in [0.15, 0.2) is 4.99 Å². The topological polar surface area (TPSA) is 167 Å². The van der Waals surface area contributed by atoms with E-state index < -0.39 is 36.9 Å². The Labute approximate surface area is 108 Å². The molecular weight excluding hydrogens is 258 g/mol. The van der Waals surface area contributed by atoms with Crippen LogP contribution < -0.4 is 16.8 Å². The van der Waals surface area contributed by atoms with E-state index >= 15 is 0 Å². The maximum Gasteiger partial charge on any atom is 0.263 e. The summed E-state index contributed by atoms with van der Waals surface area (Å²) >= 11 is 0. The molecule has 2 rings (SSSR count). The molecule has 0 aromatic carbocycles. The van der Waals surface area contributed by atoms with E-state index in [4.69, 9.17) is 21.3 Å². The van der Waals surface area contributed by atoms with Gasteiger partial charge in [0.05, 0.1) is 12.7 Å². The maximum atomic E-state index is 11.6. The summed E-state index contributed by atoms with van der Waals surface area (Å²) in [6.45, 7) is -0.365. The van der Waals surface area contributed by atoms with Gasteiger partial charge in [-0.2, -0.15) is 0 Å². The molecule has 5 atom stereocenters. The van der Waals surface area contributed by atoms with Gasteiger partial charge in [-0.25, -0.2) is 9.89 Å². The Morgan fingerprint density at radius 2 is 2.21 bits per heavy atom. The second kappa shape index (κ2) is 5.27. The molecule has 8 N–H and O–H groups in total. The number of ether oxygens (including phenoxy) is 1. The van der Waals surface area contributed by atoms with Gasteiger partial charge in [0.1, 0.15) is 12.3 Å². The number of aliphatic hydroxyl groups excluding tert-OH is 3. The van der Waals surface area contributed by atoms with E-state index in [1.54, 1.807) is 0 Å². The number of amides is 1. The quantitative estimate of drug-likeness (QED) is 0.222. The fourth-order valence-corrected chi connectivity index (χ4v) is 2.19. The number of carbonyl (C=O) groups excluding carboxylic acids is 1. The van der Waals surface area contributed by atoms with Crippen LogP contribution in [0.4, 0.5) is 0 Å². The van der Waals surface area contributed by atoms with Gasteiger partial charge in [0.2, 0.25) is 0 Å². The first-order valence-electron chi connectivity index (χ1n) is 5.73. The Bertz CT molecular complexity index is 387. The van der Waals surface area contributed by atoms with Gasteiger partial charge in [-0.1, -0.05) is 0 Å². The lowest BCUT2D eigenvalue weighted by Gasteiger charge is -2.27. The van der Waals surface area contributed by atoms with Crippen molar-refractivity contribution < 1.29 is 24.9 Å². The smallest absolute Gasteiger partial charge is 0.263 e. The molecule has 10 nitrogen and oxygen atoms in total. The van der Waals surface area contributed by atoms with Gasteiger partial charge in [0.15, 0.2) is 18.5 Å². The molecule has 1 amide bonds. The minimum atomic E-state index is -1.32. The number of nitrogens with two attached hydrogens (primary N) is 2. The zero-order valence-corrected chi connectivity index (χ0v) is 10.0. The summed E-state index contributed by atoms with van der Waals surface area (Å²) in [5.74, 6) is -0.886. The molecule has 0 spiro atoms. The average molecular weight is 275 g/mol. The SMILES string of the molecule is NC(N)=NC1C(=O)NC(O)N1[C@H]1C[C@H](O)[C@@H](CO)O1. The highest BCUT2D eigenvalue weighted by Gasteiger charge is 2.48. The summed E-state index contributed by atoms with van der Waals surface area (Å²) in [5.41, 5.74) is 10.5. The van der Waals surface area contributed by atoms with Crippen LogP contribution in [0.3, 0.4) is 0 Å². The zero-order chi connectivity index (χ0) is 14.2. The minimum absolute atomic E-state index is 0.119. The number of carbonyl (C=O) groups is 1. The third-order valence-corrected chi connectivity index (χ3v) is 3.06. The van der Waals surface area contributed by atoms with Crippen LogP contribution in [0.25, 0.3) is 0 Å². The number of nitrogens with one attached hydrogen (secondary N) is 1. The molecule has 2 unspecified atom stereocenters. The van der Waals surface area contributed by atoms with Crippen molar-refractivity contribution in [3.63, 3.8) is 0 Å². The highest BCUT2D eigenvalue weighted by Crippen LogP contribution is 2.28. The van der Waals surface area contributed by atoms with E-state index in [0.717, 1.165) is 0 Å². The van der Waals surface area contributed by atoms with Crippen LogP contribution in [0, 0.1) is 0 Å². The normalized spacial score (nSPS) is 39.3. The van der Waals surface area contributed by atoms with Gasteiger partial charge in [-0.05, 0) is 0 Å². The first kappa shape index (κ1) is 14.0. The second-order valence-electron chi connectivity index (χ2n) is 4.37. The molecule has 2 heterocycles. The Morgan fingerprint density at radius 1 is 1.53 bits per heavy atom. The molecule has 2 saturated heterocycles. The summed E-state index contributed by atoms with van der Waals surface area (Å²) in [5, 5.41) is 30.7. The van der Waals surface area contributed by atoms with Gasteiger partial charge < -0.3 is 36.8 Å². The van der Waals surface area contributed by atoms with Crippen molar-refractivity contribution in [2.24, 2.45) is 16.5 Å². The molecule has 108 valence electrons. The molecule has 0 aromatic rings. The molecule has 2 aliphatic heterocycles. The van der Waals surface area contributed by atoms with E-state index in [2.05, 4.69) is 10.3 Å². The van der Waals surface area contributed by atoms with E-state index in [1.807, 2.05) is 0 Å². The summed E-state index contributed by atoms with van der Waals surface area (Å²) in [7, 11) is 0. The number of nitrogens with zero attached hydrogens (tertiary/aromatic N) is 2. The predicted molar refractivity (Wildman–Crippen MR) is 62.0 cm³/mol. The van der Waals surface area contributed by atoms with Crippen molar-refractivity contribution in [1.29, 1.82) is 0 Å². The van der Waals surface area contributed by atoms with E-state index in [1.165, 1.54) is 4.90 Å². The van der Waals surface area contributed by atoms with Crippen LogP contribution in [0.5, 0.6) is 0 Å². The van der Waals surface area contributed by atoms with Crippen LogP contribution in [0.1, 0.15) is 6.42 Å². The summed E-state index contributed by atoms with van der Waals surface area (Å²) < 4.78 is 5.36. The number of aliphatic hydroxyl groups is 3. The third kappa shape index (κ3) is 2.62. The number of guanidine groups is 1. The van der Waals surface area contributed by atoms with Gasteiger partial charge in [0.25, 0.3) is 5.91 Å². The highest BCUT2D eigenvalue weighted by atomic mass is 16.5. The standard InChI is InChI=1S/C9H17N5O5/c10-8(11)12-6-7(17)13-9(18)14(6)5-1-3(16)4(2-15)19-5/h3-6,9,15-16,18H,1-2H2,(H,13,17)(H4,10,11,12)/t3-,4+,5+,6?,9?/m0/s1. The molecule has 0 saturated carbocycles. The first-order valence-corrected chi connectivity index (χ1v) is 5.73. The van der Waals surface area contributed by atoms with Crippen LogP contribution in [0.2, 0.25) is 0 Å². The van der Waals surface area contributed by atoms with Crippen LogP contribution in [-0.2, 0) is 9.53 Å². The largest absolute Gasteiger partial charge is 0.394 e. The summed E-state index contributed by atoms with van der Waals surface area (Å²) in [4.78, 5) is 16.5. The van der Waals surface area contributed by atoms with Crippen molar-refractivity contribution in [3.05, 3.63) is 0 Å². The Balaban J connectivity index is 2.17. The number of rotatable bonds is 3. The van der Waals surface area contributed by atoms with Crippen LogP contribution >= 0.6 is 0 Å². The van der Waals surface area contributed by atoms with Crippen LogP contribution in [-0.4, -0.2) is 69.6 Å². The fraction of sp³-hybridized carbons (Fsp3) is 0.778. The summed E-state index contributed by atoms with van der Waals surface area (Å²) in [6, 6.07) is 0. The zero-order valence-electron chi connectivity index (χ0n) is 10.0. The van der Waals surface area contributed by atoms with Gasteiger partial charge in [0, 0.05) is 6.42 Å². The number of hydrogen-bond donors (Lipinski definition) is 6. The van der Waals surface area contributed by atoms with Crippen molar-refractivity contribution in [2.45, 2.75) is 37.4 Å². The number of aliphatic imine (C=N–C) groups is 1. The molecule has 0 bridgehead atoms. The van der Waals surface area contributed by atoms with E-state index in [9.17, 15) is 15.0 Å². The van der Waals surface area contributed by atoms with Crippen molar-refractivity contribution >= 4 is 11.9 Å². The van der Waals surface area contributed by atoms with E-state index in [0.29, 0.717) is 0 Å². The molecule has 0 aliphatic carbocycles. The Hall–Kier alpha value is -1.46. The van der Waals surface area contributed by atoms with Gasteiger partial charge in [-0.15, -0.1) is 0 Å². The second-order valence-corrected chi connectivity index (χ2v) is 4.37. The van der Waals surface area contributed by atoms with Crippen molar-refractivity contribution in [1.82, 2.24) is 10.2 Å². The fourth-order valence-electron chi connectivity index (χ4n) is 2.19. The number of hydrogen-bond acceptors (Lipinski definition) is 7. The molecule has 2 fully saturated rings. The molecule has 10 heteroatoms. The monoisotopic (exact) mass is 275 g/mol. The average Bonchev–Trinajstić information content (AvgIpc) is 2.80. The van der Waals surface area contributed by atoms with Gasteiger partial charge >= 0.3 is 0 Å². The lowest BCUT2D eigenvalue weighted by Crippen LogP contribution is -2.47.